The van der Waals surface area contributed by atoms with Crippen molar-refractivity contribution in [2.24, 2.45) is 0 Å². The number of nitrogens with zero attached hydrogens (tertiary/aromatic N) is 1. The number of ether oxygens (including phenoxy) is 1. The standard InChI is InChI=1S/C16H25N3O2/c1-3-19(12-6-7-12)10-4-5-16(20)18-15-9-8-13(21-2)11-14(15)17/h8-9,11-12H,3-7,10,17H2,1-2H3,(H,18,20). The van der Waals surface area contributed by atoms with Gasteiger partial charge in [0, 0.05) is 18.5 Å². The minimum atomic E-state index is 0.0127. The van der Waals surface area contributed by atoms with Crippen LogP contribution in [0, 0.1) is 0 Å². The van der Waals surface area contributed by atoms with Crippen molar-refractivity contribution in [3.05, 3.63) is 18.2 Å². The summed E-state index contributed by atoms with van der Waals surface area (Å²) in [7, 11) is 1.59. The number of hydrogen-bond donors (Lipinski definition) is 2. The van der Waals surface area contributed by atoms with E-state index in [1.54, 1.807) is 25.3 Å². The molecule has 0 saturated heterocycles. The smallest absolute Gasteiger partial charge is 0.224 e. The Morgan fingerprint density at radius 1 is 1.48 bits per heavy atom. The van der Waals surface area contributed by atoms with Crippen LogP contribution in [0.4, 0.5) is 11.4 Å². The summed E-state index contributed by atoms with van der Waals surface area (Å²) < 4.78 is 5.09. The number of benzene rings is 1. The van der Waals surface area contributed by atoms with Gasteiger partial charge in [-0.2, -0.15) is 0 Å². The first-order valence-corrected chi connectivity index (χ1v) is 7.61. The summed E-state index contributed by atoms with van der Waals surface area (Å²) in [5, 5.41) is 2.86. The highest BCUT2D eigenvalue weighted by molar-refractivity contribution is 5.93. The van der Waals surface area contributed by atoms with Gasteiger partial charge in [-0.1, -0.05) is 6.92 Å². The predicted octanol–water partition coefficient (Wildman–Crippen LogP) is 2.48. The highest BCUT2D eigenvalue weighted by atomic mass is 16.5. The predicted molar refractivity (Wildman–Crippen MR) is 85.5 cm³/mol. The molecule has 0 unspecified atom stereocenters. The molecule has 0 radical (unpaired) electrons. The lowest BCUT2D eigenvalue weighted by Crippen LogP contribution is -2.27. The molecule has 1 saturated carbocycles. The highest BCUT2D eigenvalue weighted by Crippen LogP contribution is 2.27. The Bertz CT molecular complexity index is 486. The van der Waals surface area contributed by atoms with Gasteiger partial charge in [-0.05, 0) is 44.5 Å². The van der Waals surface area contributed by atoms with Gasteiger partial charge in [0.05, 0.1) is 18.5 Å². The van der Waals surface area contributed by atoms with Gasteiger partial charge in [-0.15, -0.1) is 0 Å². The van der Waals surface area contributed by atoms with Gasteiger partial charge < -0.3 is 20.7 Å². The van der Waals surface area contributed by atoms with Crippen molar-refractivity contribution in [1.29, 1.82) is 0 Å². The van der Waals surface area contributed by atoms with Gasteiger partial charge in [-0.3, -0.25) is 4.79 Å². The van der Waals surface area contributed by atoms with Crippen molar-refractivity contribution in [2.75, 3.05) is 31.2 Å². The molecule has 0 heterocycles. The molecule has 5 heteroatoms. The molecule has 1 aliphatic rings. The van der Waals surface area contributed by atoms with E-state index >= 15 is 0 Å². The number of nitrogens with two attached hydrogens (primary N) is 1. The normalized spacial score (nSPS) is 14.2. The molecule has 0 aromatic heterocycles. The summed E-state index contributed by atoms with van der Waals surface area (Å²) in [6.07, 6.45) is 4.02. The second-order valence-electron chi connectivity index (χ2n) is 5.46. The van der Waals surface area contributed by atoms with Crippen molar-refractivity contribution in [1.82, 2.24) is 4.90 Å². The maximum atomic E-state index is 12.0. The zero-order chi connectivity index (χ0) is 15.2. The number of hydrogen-bond acceptors (Lipinski definition) is 4. The van der Waals surface area contributed by atoms with Crippen LogP contribution in [0.15, 0.2) is 18.2 Å². The summed E-state index contributed by atoms with van der Waals surface area (Å²) in [5.74, 6) is 0.701. The van der Waals surface area contributed by atoms with Crippen LogP contribution in [0.1, 0.15) is 32.6 Å². The minimum Gasteiger partial charge on any atom is -0.497 e. The van der Waals surface area contributed by atoms with Crippen LogP contribution in [0.5, 0.6) is 5.75 Å². The molecule has 0 aliphatic heterocycles. The molecule has 0 spiro atoms. The first-order chi connectivity index (χ1) is 10.1. The lowest BCUT2D eigenvalue weighted by atomic mass is 10.2. The van der Waals surface area contributed by atoms with E-state index in [1.807, 2.05) is 0 Å². The van der Waals surface area contributed by atoms with Gasteiger partial charge in [0.1, 0.15) is 5.75 Å². The fourth-order valence-corrected chi connectivity index (χ4v) is 2.48. The second kappa shape index (κ2) is 7.31. The SMILES string of the molecule is CCN(CCCC(=O)Nc1ccc(OC)cc1N)C1CC1. The van der Waals surface area contributed by atoms with Crippen molar-refractivity contribution >= 4 is 17.3 Å². The first-order valence-electron chi connectivity index (χ1n) is 7.61. The van der Waals surface area contributed by atoms with Crippen LogP contribution in [0.25, 0.3) is 0 Å². The second-order valence-corrected chi connectivity index (χ2v) is 5.46. The summed E-state index contributed by atoms with van der Waals surface area (Å²) in [6, 6.07) is 6.03. The topological polar surface area (TPSA) is 67.6 Å². The maximum Gasteiger partial charge on any atom is 0.224 e. The lowest BCUT2D eigenvalue weighted by Gasteiger charge is -2.19. The van der Waals surface area contributed by atoms with E-state index in [0.717, 1.165) is 25.6 Å². The number of methoxy groups -OCH3 is 1. The van der Waals surface area contributed by atoms with Crippen LogP contribution < -0.4 is 15.8 Å². The third kappa shape index (κ3) is 4.63. The molecule has 5 nitrogen and oxygen atoms in total. The maximum absolute atomic E-state index is 12.0. The van der Waals surface area contributed by atoms with Gasteiger partial charge in [-0.25, -0.2) is 0 Å². The van der Waals surface area contributed by atoms with Crippen LogP contribution in [0.3, 0.4) is 0 Å². The number of nitrogen functional groups attached to an aromatic ring is 1. The fourth-order valence-electron chi connectivity index (χ4n) is 2.48. The van der Waals surface area contributed by atoms with Crippen LogP contribution in [-0.2, 0) is 4.79 Å². The Morgan fingerprint density at radius 2 is 2.24 bits per heavy atom. The number of rotatable bonds is 8. The number of anilines is 2. The first kappa shape index (κ1) is 15.6. The molecular weight excluding hydrogens is 266 g/mol. The molecule has 1 aliphatic carbocycles. The largest absolute Gasteiger partial charge is 0.497 e. The monoisotopic (exact) mass is 291 g/mol. The van der Waals surface area contributed by atoms with Crippen LogP contribution in [0.2, 0.25) is 0 Å². The molecule has 21 heavy (non-hydrogen) atoms. The zero-order valence-electron chi connectivity index (χ0n) is 12.9. The van der Waals surface area contributed by atoms with Gasteiger partial charge in [0.2, 0.25) is 5.91 Å². The fraction of sp³-hybridized carbons (Fsp3) is 0.562. The molecule has 116 valence electrons. The number of amides is 1. The van der Waals surface area contributed by atoms with E-state index in [4.69, 9.17) is 10.5 Å². The summed E-state index contributed by atoms with van der Waals surface area (Å²) in [6.45, 7) is 4.24. The molecule has 3 N–H and O–H groups in total. The molecule has 1 aromatic rings. The lowest BCUT2D eigenvalue weighted by molar-refractivity contribution is -0.116. The van der Waals surface area contributed by atoms with E-state index < -0.39 is 0 Å². The Morgan fingerprint density at radius 3 is 2.81 bits per heavy atom. The third-order valence-corrected chi connectivity index (χ3v) is 3.85. The number of nitrogens with one attached hydrogen (secondary N) is 1. The third-order valence-electron chi connectivity index (χ3n) is 3.85. The molecule has 1 fully saturated rings. The molecular formula is C16H25N3O2. The highest BCUT2D eigenvalue weighted by Gasteiger charge is 2.27. The van der Waals surface area contributed by atoms with Gasteiger partial charge >= 0.3 is 0 Å². The Balaban J connectivity index is 1.76. The van der Waals surface area contributed by atoms with E-state index in [9.17, 15) is 4.79 Å². The number of carbonyl (C=O) groups excluding carboxylic acids is 1. The molecule has 1 aromatic carbocycles. The molecule has 0 bridgehead atoms. The van der Waals surface area contributed by atoms with Crippen molar-refractivity contribution in [2.45, 2.75) is 38.6 Å². The Hall–Kier alpha value is -1.75. The van der Waals surface area contributed by atoms with Crippen molar-refractivity contribution in [3.8, 4) is 5.75 Å². The van der Waals surface area contributed by atoms with Gasteiger partial charge in [0.25, 0.3) is 0 Å². The summed E-state index contributed by atoms with van der Waals surface area (Å²) in [5.41, 5.74) is 7.06. The average Bonchev–Trinajstić information content (AvgIpc) is 3.30. The quantitative estimate of drug-likeness (QED) is 0.722. The van der Waals surface area contributed by atoms with E-state index in [-0.39, 0.29) is 5.91 Å². The average molecular weight is 291 g/mol. The minimum absolute atomic E-state index is 0.0127. The molecule has 0 atom stereocenters. The van der Waals surface area contributed by atoms with E-state index in [0.29, 0.717) is 23.5 Å². The molecule has 2 rings (SSSR count). The van der Waals surface area contributed by atoms with E-state index in [2.05, 4.69) is 17.1 Å². The van der Waals surface area contributed by atoms with Gasteiger partial charge in [0.15, 0.2) is 0 Å². The van der Waals surface area contributed by atoms with Crippen LogP contribution >= 0.6 is 0 Å². The Kier molecular flexibility index (Phi) is 5.44. The van der Waals surface area contributed by atoms with Crippen LogP contribution in [-0.4, -0.2) is 37.0 Å². The summed E-state index contributed by atoms with van der Waals surface area (Å²) in [4.78, 5) is 14.4. The van der Waals surface area contributed by atoms with Crippen molar-refractivity contribution in [3.63, 3.8) is 0 Å². The van der Waals surface area contributed by atoms with E-state index in [1.165, 1.54) is 12.8 Å². The number of carbonyl (C=O) groups is 1. The zero-order valence-corrected chi connectivity index (χ0v) is 12.9. The Labute approximate surface area is 126 Å². The summed E-state index contributed by atoms with van der Waals surface area (Å²) >= 11 is 0. The van der Waals surface area contributed by atoms with Crippen molar-refractivity contribution < 1.29 is 9.53 Å². The molecule has 1 amide bonds.